The molecule has 1 saturated heterocycles. The lowest BCUT2D eigenvalue weighted by Gasteiger charge is -2.46. The Balaban J connectivity index is 2.04. The molecule has 0 spiro atoms. The van der Waals surface area contributed by atoms with Gasteiger partial charge in [-0.15, -0.1) is 0 Å². The van der Waals surface area contributed by atoms with Crippen molar-refractivity contribution in [2.24, 2.45) is 0 Å². The van der Waals surface area contributed by atoms with E-state index in [1.54, 1.807) is 25.1 Å². The fourth-order valence-corrected chi connectivity index (χ4v) is 4.96. The van der Waals surface area contributed by atoms with Crippen LogP contribution in [0.4, 0.5) is 5.69 Å². The van der Waals surface area contributed by atoms with Crippen LogP contribution in [0.1, 0.15) is 19.4 Å². The van der Waals surface area contributed by atoms with E-state index in [1.165, 1.54) is 26.0 Å². The van der Waals surface area contributed by atoms with Crippen molar-refractivity contribution in [3.8, 4) is 11.5 Å². The number of carbonyl (C=O) groups is 2. The average molecular weight is 476 g/mol. The second-order valence-corrected chi connectivity index (χ2v) is 10.2. The number of anilines is 1. The normalized spacial score (nSPS) is 19.3. The first-order valence-corrected chi connectivity index (χ1v) is 12.1. The van der Waals surface area contributed by atoms with Gasteiger partial charge < -0.3 is 14.8 Å². The first kappa shape index (κ1) is 24.5. The predicted octanol–water partition coefficient (Wildman–Crippen LogP) is 1.78. The number of piperazine rings is 1. The highest BCUT2D eigenvalue weighted by Gasteiger charge is 2.50. The molecule has 0 aromatic heterocycles. The second-order valence-electron chi connectivity index (χ2n) is 7.91. The molecule has 0 aliphatic carbocycles. The Labute approximate surface area is 194 Å². The number of ether oxygens (including phenoxy) is 2. The molecular weight excluding hydrogens is 446 g/mol. The molecule has 2 aromatic carbocycles. The van der Waals surface area contributed by atoms with Gasteiger partial charge in [0.15, 0.2) is 0 Å². The van der Waals surface area contributed by atoms with Gasteiger partial charge in [-0.1, -0.05) is 30.3 Å². The van der Waals surface area contributed by atoms with E-state index in [0.29, 0.717) is 17.2 Å². The fourth-order valence-electron chi connectivity index (χ4n) is 3.84. The van der Waals surface area contributed by atoms with E-state index < -0.39 is 27.4 Å². The summed E-state index contributed by atoms with van der Waals surface area (Å²) in [5.74, 6) is -0.293. The maximum absolute atomic E-state index is 13.5. The van der Waals surface area contributed by atoms with E-state index in [4.69, 9.17) is 9.47 Å². The number of amides is 2. The minimum atomic E-state index is -3.70. The van der Waals surface area contributed by atoms with E-state index >= 15 is 0 Å². The van der Waals surface area contributed by atoms with Crippen LogP contribution in [0.2, 0.25) is 0 Å². The average Bonchev–Trinajstić information content (AvgIpc) is 2.82. The molecule has 1 aliphatic rings. The zero-order valence-corrected chi connectivity index (χ0v) is 20.0. The second kappa shape index (κ2) is 9.80. The largest absolute Gasteiger partial charge is 0.497 e. The third-order valence-corrected chi connectivity index (χ3v) is 7.45. The van der Waals surface area contributed by atoms with Gasteiger partial charge in [-0.25, -0.2) is 8.42 Å². The van der Waals surface area contributed by atoms with Gasteiger partial charge in [0.05, 0.1) is 32.2 Å². The molecule has 1 heterocycles. The summed E-state index contributed by atoms with van der Waals surface area (Å²) >= 11 is 0. The summed E-state index contributed by atoms with van der Waals surface area (Å²) in [7, 11) is -0.733. The highest BCUT2D eigenvalue weighted by Crippen LogP contribution is 2.35. The van der Waals surface area contributed by atoms with Crippen LogP contribution in [0.25, 0.3) is 0 Å². The maximum Gasteiger partial charge on any atom is 0.247 e. The smallest absolute Gasteiger partial charge is 0.247 e. The topological polar surface area (TPSA) is 105 Å². The highest BCUT2D eigenvalue weighted by molar-refractivity contribution is 7.89. The first-order valence-electron chi connectivity index (χ1n) is 10.5. The van der Waals surface area contributed by atoms with Crippen LogP contribution >= 0.6 is 0 Å². The number of carbonyl (C=O) groups excluding carboxylic acids is 2. The number of benzene rings is 2. The van der Waals surface area contributed by atoms with E-state index in [0.717, 1.165) is 9.87 Å². The SMILES string of the molecule is CCS(=O)(=O)N1CC(=O)N(c2cc(OC)cc(OC)c2)C(C)(C(=O)NCc2ccccc2)C1. The summed E-state index contributed by atoms with van der Waals surface area (Å²) in [6.07, 6.45) is 0. The standard InChI is InChI=1S/C23H29N3O6S/c1-5-33(29,30)25-15-21(27)26(18-11-19(31-3)13-20(12-18)32-4)23(2,16-25)22(28)24-14-17-9-7-6-8-10-17/h6-13H,5,14-16H2,1-4H3,(H,24,28). The quantitative estimate of drug-likeness (QED) is 0.624. The third-order valence-electron chi connectivity index (χ3n) is 5.68. The first-order chi connectivity index (χ1) is 15.6. The summed E-state index contributed by atoms with van der Waals surface area (Å²) < 4.78 is 37.0. The Hall–Kier alpha value is -3.11. The number of rotatable bonds is 8. The van der Waals surface area contributed by atoms with Gasteiger partial charge in [0.25, 0.3) is 0 Å². The molecular formula is C23H29N3O6S. The van der Waals surface area contributed by atoms with E-state index in [-0.39, 0.29) is 25.4 Å². The number of hydrogen-bond acceptors (Lipinski definition) is 6. The minimum Gasteiger partial charge on any atom is -0.497 e. The maximum atomic E-state index is 13.5. The van der Waals surface area contributed by atoms with E-state index in [9.17, 15) is 18.0 Å². The molecule has 178 valence electrons. The lowest BCUT2D eigenvalue weighted by atomic mass is 9.94. The Kier molecular flexibility index (Phi) is 7.28. The lowest BCUT2D eigenvalue weighted by molar-refractivity contribution is -0.133. The van der Waals surface area contributed by atoms with Crippen molar-refractivity contribution < 1.29 is 27.5 Å². The van der Waals surface area contributed by atoms with Gasteiger partial charge in [0.2, 0.25) is 21.8 Å². The molecule has 1 atom stereocenters. The summed E-state index contributed by atoms with van der Waals surface area (Å²) in [4.78, 5) is 28.2. The van der Waals surface area contributed by atoms with Crippen molar-refractivity contribution >= 4 is 27.5 Å². The molecule has 1 aliphatic heterocycles. The summed E-state index contributed by atoms with van der Waals surface area (Å²) in [6.45, 7) is 2.76. The molecule has 1 unspecified atom stereocenters. The highest BCUT2D eigenvalue weighted by atomic mass is 32.2. The Morgan fingerprint density at radius 2 is 1.70 bits per heavy atom. The van der Waals surface area contributed by atoms with Crippen LogP contribution in [0, 0.1) is 0 Å². The molecule has 0 radical (unpaired) electrons. The molecule has 10 heteroatoms. The molecule has 2 amide bonds. The minimum absolute atomic E-state index is 0.172. The van der Waals surface area contributed by atoms with Gasteiger partial charge in [-0.2, -0.15) is 4.31 Å². The summed E-state index contributed by atoms with van der Waals surface area (Å²) in [6, 6.07) is 14.2. The zero-order valence-electron chi connectivity index (χ0n) is 19.2. The van der Waals surface area contributed by atoms with Crippen molar-refractivity contribution in [3.63, 3.8) is 0 Å². The molecule has 1 fully saturated rings. The lowest BCUT2D eigenvalue weighted by Crippen LogP contribution is -2.70. The molecule has 1 N–H and O–H groups in total. The molecule has 3 rings (SSSR count). The predicted molar refractivity (Wildman–Crippen MR) is 125 cm³/mol. The van der Waals surface area contributed by atoms with Crippen molar-refractivity contribution in [1.82, 2.24) is 9.62 Å². The number of hydrogen-bond donors (Lipinski definition) is 1. The third kappa shape index (κ3) is 5.12. The summed E-state index contributed by atoms with van der Waals surface area (Å²) in [5, 5.41) is 2.86. The fraction of sp³-hybridized carbons (Fsp3) is 0.391. The van der Waals surface area contributed by atoms with E-state index in [2.05, 4.69) is 5.32 Å². The van der Waals surface area contributed by atoms with Crippen LogP contribution in [0.15, 0.2) is 48.5 Å². The van der Waals surface area contributed by atoms with Gasteiger partial charge in [0, 0.05) is 31.3 Å². The van der Waals surface area contributed by atoms with Gasteiger partial charge in [-0.3, -0.25) is 14.5 Å². The van der Waals surface area contributed by atoms with Crippen LogP contribution in [0.3, 0.4) is 0 Å². The number of sulfonamides is 1. The molecule has 33 heavy (non-hydrogen) atoms. The Morgan fingerprint density at radius 1 is 1.09 bits per heavy atom. The van der Waals surface area contributed by atoms with Gasteiger partial charge >= 0.3 is 0 Å². The van der Waals surface area contributed by atoms with Crippen LogP contribution in [-0.4, -0.2) is 63.1 Å². The van der Waals surface area contributed by atoms with Crippen molar-refractivity contribution in [3.05, 3.63) is 54.1 Å². The number of nitrogens with zero attached hydrogens (tertiary/aromatic N) is 2. The van der Waals surface area contributed by atoms with Gasteiger partial charge in [-0.05, 0) is 19.4 Å². The molecule has 2 aromatic rings. The van der Waals surface area contributed by atoms with Crippen LogP contribution in [0.5, 0.6) is 11.5 Å². The van der Waals surface area contributed by atoms with Crippen molar-refractivity contribution in [2.45, 2.75) is 25.9 Å². The number of nitrogens with one attached hydrogen (secondary N) is 1. The van der Waals surface area contributed by atoms with Crippen molar-refractivity contribution in [1.29, 1.82) is 0 Å². The Bertz CT molecular complexity index is 1100. The van der Waals surface area contributed by atoms with Crippen LogP contribution in [-0.2, 0) is 26.2 Å². The summed E-state index contributed by atoms with van der Waals surface area (Å²) in [5.41, 5.74) is -0.254. The number of methoxy groups -OCH3 is 2. The molecule has 0 bridgehead atoms. The Morgan fingerprint density at radius 3 is 2.24 bits per heavy atom. The molecule has 0 saturated carbocycles. The van der Waals surface area contributed by atoms with E-state index in [1.807, 2.05) is 30.3 Å². The van der Waals surface area contributed by atoms with Crippen molar-refractivity contribution in [2.75, 3.05) is 38.0 Å². The van der Waals surface area contributed by atoms with Gasteiger partial charge in [0.1, 0.15) is 17.0 Å². The monoisotopic (exact) mass is 475 g/mol. The molecule has 9 nitrogen and oxygen atoms in total. The zero-order chi connectivity index (χ0) is 24.2. The van der Waals surface area contributed by atoms with Crippen LogP contribution < -0.4 is 19.7 Å².